The minimum Gasteiger partial charge on any atom is -0.465 e. The smallest absolute Gasteiger partial charge is 0.407 e. The Labute approximate surface area is 211 Å². The minimum absolute atomic E-state index is 0.00168. The summed E-state index contributed by atoms with van der Waals surface area (Å²) in [4.78, 5) is 30.6. The highest BCUT2D eigenvalue weighted by Gasteiger charge is 2.54. The Morgan fingerprint density at radius 1 is 1.22 bits per heavy atom. The van der Waals surface area contributed by atoms with Crippen LogP contribution < -0.4 is 0 Å². The van der Waals surface area contributed by atoms with Gasteiger partial charge in [-0.2, -0.15) is 0 Å². The summed E-state index contributed by atoms with van der Waals surface area (Å²) in [5, 5.41) is 9.63. The number of carbonyl (C=O) groups is 2. The normalized spacial score (nSPS) is 31.5. The number of amides is 1. The van der Waals surface area contributed by atoms with Crippen molar-refractivity contribution >= 4 is 18.1 Å². The molecule has 2 heterocycles. The molecule has 3 aliphatic rings. The zero-order chi connectivity index (χ0) is 25.4. The van der Waals surface area contributed by atoms with E-state index in [1.807, 2.05) is 38.1 Å². The summed E-state index contributed by atoms with van der Waals surface area (Å²) in [6.07, 6.45) is 8.32. The topological polar surface area (TPSA) is 79.7 Å². The number of ether oxygens (including phenoxy) is 1. The number of aromatic nitrogens is 1. The van der Waals surface area contributed by atoms with Crippen molar-refractivity contribution in [1.29, 1.82) is 0 Å². The molecule has 0 radical (unpaired) electrons. The maximum absolute atomic E-state index is 13.6. The Morgan fingerprint density at radius 3 is 2.75 bits per heavy atom. The first-order chi connectivity index (χ1) is 17.4. The SMILES string of the molecule is CCN(C(=O)O)[C@@H]1CC[C@@H]2[C@H](C1)C[C@H]1C(=O)O[C@H](C)[C@H]1[C@H]2C=Cc1ccc(-c2cccc(F)c2)cn1. The Bertz CT molecular complexity index is 1150. The Balaban J connectivity index is 1.38. The van der Waals surface area contributed by atoms with Gasteiger partial charge in [0.1, 0.15) is 11.9 Å². The lowest BCUT2D eigenvalue weighted by Crippen LogP contribution is -2.49. The van der Waals surface area contributed by atoms with Gasteiger partial charge in [0.15, 0.2) is 0 Å². The molecule has 2 saturated carbocycles. The predicted octanol–water partition coefficient (Wildman–Crippen LogP) is 5.88. The number of nitrogens with zero attached hydrogens (tertiary/aromatic N) is 2. The molecule has 0 unspecified atom stereocenters. The number of cyclic esters (lactones) is 1. The van der Waals surface area contributed by atoms with Crippen molar-refractivity contribution in [2.24, 2.45) is 29.6 Å². The van der Waals surface area contributed by atoms with Gasteiger partial charge >= 0.3 is 12.1 Å². The number of hydrogen-bond acceptors (Lipinski definition) is 4. The van der Waals surface area contributed by atoms with Gasteiger partial charge in [0.05, 0.1) is 11.6 Å². The zero-order valence-electron chi connectivity index (χ0n) is 20.7. The molecule has 6 nitrogen and oxygen atoms in total. The van der Waals surface area contributed by atoms with Crippen LogP contribution in [0.4, 0.5) is 9.18 Å². The van der Waals surface area contributed by atoms with Crippen molar-refractivity contribution in [3.8, 4) is 11.1 Å². The summed E-state index contributed by atoms with van der Waals surface area (Å²) in [5.41, 5.74) is 2.44. The van der Waals surface area contributed by atoms with E-state index in [1.54, 1.807) is 17.2 Å². The van der Waals surface area contributed by atoms with Gasteiger partial charge in [0.2, 0.25) is 0 Å². The van der Waals surface area contributed by atoms with Gasteiger partial charge in [0, 0.05) is 30.3 Å². The third-order valence-corrected chi connectivity index (χ3v) is 8.58. The molecular weight excluding hydrogens is 459 g/mol. The van der Waals surface area contributed by atoms with E-state index < -0.39 is 6.09 Å². The van der Waals surface area contributed by atoms with Gasteiger partial charge in [0.25, 0.3) is 0 Å². The molecule has 7 heteroatoms. The second kappa shape index (κ2) is 10.0. The van der Waals surface area contributed by atoms with Gasteiger partial charge < -0.3 is 14.7 Å². The fourth-order valence-electron chi connectivity index (χ4n) is 6.98. The summed E-state index contributed by atoms with van der Waals surface area (Å²) in [6.45, 7) is 4.35. The molecule has 1 amide bonds. The fourth-order valence-corrected chi connectivity index (χ4v) is 6.98. The van der Waals surface area contributed by atoms with Crippen molar-refractivity contribution in [1.82, 2.24) is 9.88 Å². The molecule has 2 aromatic rings. The number of carbonyl (C=O) groups excluding carboxylic acids is 1. The molecule has 190 valence electrons. The van der Waals surface area contributed by atoms with Gasteiger partial charge in [-0.05, 0) is 87.1 Å². The number of pyridine rings is 1. The molecule has 1 N–H and O–H groups in total. The number of esters is 1. The van der Waals surface area contributed by atoms with Crippen LogP contribution in [0.3, 0.4) is 0 Å². The molecule has 7 atom stereocenters. The second-order valence-corrected chi connectivity index (χ2v) is 10.4. The first-order valence-electron chi connectivity index (χ1n) is 13.0. The van der Waals surface area contributed by atoms with Crippen molar-refractivity contribution in [3.05, 3.63) is 60.2 Å². The van der Waals surface area contributed by atoms with Gasteiger partial charge in [-0.25, -0.2) is 9.18 Å². The van der Waals surface area contributed by atoms with Crippen molar-refractivity contribution in [3.63, 3.8) is 0 Å². The van der Waals surface area contributed by atoms with Crippen LogP contribution in [-0.4, -0.2) is 45.7 Å². The largest absolute Gasteiger partial charge is 0.465 e. The van der Waals surface area contributed by atoms with Crippen LogP contribution in [0.1, 0.15) is 45.2 Å². The van der Waals surface area contributed by atoms with E-state index in [4.69, 9.17) is 4.74 Å². The molecule has 1 aromatic carbocycles. The zero-order valence-corrected chi connectivity index (χ0v) is 20.7. The standard InChI is InChI=1S/C29H33FN2O4/c1-3-32(29(34)35)23-10-12-24-20(14-23)15-26-27(17(2)36-28(26)33)25(24)11-9-22-8-7-19(16-31-22)18-5-4-6-21(30)13-18/h4-9,11,13,16-17,20,23-27H,3,10,12,14-15H2,1-2H3,(H,34,35)/t17-,20-,23-,24-,25+,26-,27+/m1/s1. The number of benzene rings is 1. The maximum atomic E-state index is 13.6. The highest BCUT2D eigenvalue weighted by molar-refractivity contribution is 5.75. The summed E-state index contributed by atoms with van der Waals surface area (Å²) >= 11 is 0. The predicted molar refractivity (Wildman–Crippen MR) is 134 cm³/mol. The third-order valence-electron chi connectivity index (χ3n) is 8.58. The summed E-state index contributed by atoms with van der Waals surface area (Å²) in [6, 6.07) is 10.3. The Kier molecular flexibility index (Phi) is 6.82. The van der Waals surface area contributed by atoms with E-state index in [1.165, 1.54) is 12.1 Å². The first-order valence-corrected chi connectivity index (χ1v) is 13.0. The van der Waals surface area contributed by atoms with Gasteiger partial charge in [-0.3, -0.25) is 9.78 Å². The monoisotopic (exact) mass is 492 g/mol. The quantitative estimate of drug-likeness (QED) is 0.527. The van der Waals surface area contributed by atoms with E-state index in [9.17, 15) is 19.1 Å². The lowest BCUT2D eigenvalue weighted by Gasteiger charge is -2.49. The first kappa shape index (κ1) is 24.5. The van der Waals surface area contributed by atoms with E-state index >= 15 is 0 Å². The Morgan fingerprint density at radius 2 is 2.06 bits per heavy atom. The van der Waals surface area contributed by atoms with E-state index in [0.717, 1.165) is 42.5 Å². The number of rotatable bonds is 5. The van der Waals surface area contributed by atoms with Gasteiger partial charge in [-0.15, -0.1) is 0 Å². The summed E-state index contributed by atoms with van der Waals surface area (Å²) in [5.74, 6) is 0.428. The van der Waals surface area contributed by atoms with E-state index in [-0.39, 0.29) is 47.6 Å². The number of carboxylic acid groups (broad SMARTS) is 1. The summed E-state index contributed by atoms with van der Waals surface area (Å²) in [7, 11) is 0. The molecule has 3 fully saturated rings. The lowest BCUT2D eigenvalue weighted by atomic mass is 9.56. The Hall–Kier alpha value is -3.22. The molecule has 1 saturated heterocycles. The average Bonchev–Trinajstić information content (AvgIpc) is 3.15. The lowest BCUT2D eigenvalue weighted by molar-refractivity contribution is -0.144. The highest BCUT2D eigenvalue weighted by atomic mass is 19.1. The van der Waals surface area contributed by atoms with Crippen molar-refractivity contribution < 1.29 is 23.8 Å². The van der Waals surface area contributed by atoms with E-state index in [2.05, 4.69) is 11.1 Å². The number of hydrogen-bond donors (Lipinski definition) is 1. The van der Waals surface area contributed by atoms with Crippen LogP contribution in [0.2, 0.25) is 0 Å². The number of halogens is 1. The molecule has 0 bridgehead atoms. The molecule has 5 rings (SSSR count). The molecule has 2 aliphatic carbocycles. The van der Waals surface area contributed by atoms with Crippen LogP contribution in [0.15, 0.2) is 48.7 Å². The molecule has 1 aromatic heterocycles. The number of fused-ring (bicyclic) bond motifs is 2. The summed E-state index contributed by atoms with van der Waals surface area (Å²) < 4.78 is 19.3. The van der Waals surface area contributed by atoms with Gasteiger partial charge in [-0.1, -0.05) is 24.3 Å². The average molecular weight is 493 g/mol. The van der Waals surface area contributed by atoms with E-state index in [0.29, 0.717) is 12.5 Å². The van der Waals surface area contributed by atoms with Crippen molar-refractivity contribution in [2.45, 2.75) is 51.7 Å². The van der Waals surface area contributed by atoms with Crippen LogP contribution in [-0.2, 0) is 9.53 Å². The highest BCUT2D eigenvalue weighted by Crippen LogP contribution is 2.54. The van der Waals surface area contributed by atoms with Crippen LogP contribution >= 0.6 is 0 Å². The molecular formula is C29H33FN2O4. The maximum Gasteiger partial charge on any atom is 0.407 e. The van der Waals surface area contributed by atoms with Crippen molar-refractivity contribution in [2.75, 3.05) is 6.54 Å². The molecule has 0 spiro atoms. The fraction of sp³-hybridized carbons (Fsp3) is 0.483. The van der Waals surface area contributed by atoms with Crippen LogP contribution in [0.25, 0.3) is 17.2 Å². The third kappa shape index (κ3) is 4.63. The molecule has 36 heavy (non-hydrogen) atoms. The minimum atomic E-state index is -0.868. The van der Waals surface area contributed by atoms with Crippen LogP contribution in [0.5, 0.6) is 0 Å². The second-order valence-electron chi connectivity index (χ2n) is 10.4. The number of allylic oxidation sites excluding steroid dienone is 1. The van der Waals surface area contributed by atoms with Crippen LogP contribution in [0, 0.1) is 35.4 Å². The molecule has 1 aliphatic heterocycles.